The number of hydrogen-bond acceptors (Lipinski definition) is 5. The second-order valence-electron chi connectivity index (χ2n) is 6.77. The SMILES string of the molecule is O=C(c1ccc([N+](=O)[O-])cc1)n1ccc(-c2cccc(OCc3c(F)cccc3Cl)c2)n1. The lowest BCUT2D eigenvalue weighted by Crippen LogP contribution is -2.12. The Labute approximate surface area is 186 Å². The summed E-state index contributed by atoms with van der Waals surface area (Å²) in [7, 11) is 0. The minimum Gasteiger partial charge on any atom is -0.489 e. The summed E-state index contributed by atoms with van der Waals surface area (Å²) >= 11 is 6.03. The van der Waals surface area contributed by atoms with Crippen LogP contribution in [0.4, 0.5) is 10.1 Å². The van der Waals surface area contributed by atoms with Crippen LogP contribution >= 0.6 is 11.6 Å². The smallest absolute Gasteiger partial charge is 0.278 e. The monoisotopic (exact) mass is 451 g/mol. The molecule has 0 amide bonds. The summed E-state index contributed by atoms with van der Waals surface area (Å²) < 4.78 is 20.8. The molecule has 0 aliphatic heterocycles. The average molecular weight is 452 g/mol. The van der Waals surface area contributed by atoms with Crippen LogP contribution in [-0.4, -0.2) is 20.6 Å². The van der Waals surface area contributed by atoms with Gasteiger partial charge in [0, 0.05) is 35.0 Å². The molecule has 32 heavy (non-hydrogen) atoms. The first kappa shape index (κ1) is 21.2. The maximum Gasteiger partial charge on any atom is 0.278 e. The Balaban J connectivity index is 1.50. The highest BCUT2D eigenvalue weighted by Crippen LogP contribution is 2.25. The predicted octanol–water partition coefficient (Wildman–Crippen LogP) is 5.52. The second kappa shape index (κ2) is 8.99. The molecular weight excluding hydrogens is 437 g/mol. The highest BCUT2D eigenvalue weighted by molar-refractivity contribution is 6.31. The third kappa shape index (κ3) is 4.50. The van der Waals surface area contributed by atoms with Gasteiger partial charge in [0.05, 0.1) is 15.6 Å². The van der Waals surface area contributed by atoms with Gasteiger partial charge in [-0.1, -0.05) is 29.8 Å². The van der Waals surface area contributed by atoms with E-state index in [1.165, 1.54) is 42.6 Å². The summed E-state index contributed by atoms with van der Waals surface area (Å²) in [5.41, 5.74) is 1.64. The van der Waals surface area contributed by atoms with E-state index >= 15 is 0 Å². The lowest BCUT2D eigenvalue weighted by atomic mass is 10.1. The predicted molar refractivity (Wildman–Crippen MR) is 116 cm³/mol. The van der Waals surface area contributed by atoms with Crippen LogP contribution in [0.25, 0.3) is 11.3 Å². The van der Waals surface area contributed by atoms with E-state index < -0.39 is 16.6 Å². The number of carbonyl (C=O) groups is 1. The van der Waals surface area contributed by atoms with Crippen LogP contribution in [0.5, 0.6) is 5.75 Å². The number of rotatable bonds is 6. The minimum atomic E-state index is -0.532. The number of hydrogen-bond donors (Lipinski definition) is 0. The summed E-state index contributed by atoms with van der Waals surface area (Å²) in [5, 5.41) is 15.3. The van der Waals surface area contributed by atoms with Crippen molar-refractivity contribution in [2.75, 3.05) is 0 Å². The standard InChI is InChI=1S/C23H15ClFN3O4/c24-20-5-2-6-21(25)19(20)14-32-18-4-1-3-16(13-18)22-11-12-27(26-22)23(29)15-7-9-17(10-8-15)28(30)31/h1-13H,14H2. The Morgan fingerprint density at radius 1 is 1.09 bits per heavy atom. The van der Waals surface area contributed by atoms with E-state index in [1.807, 2.05) is 0 Å². The summed E-state index contributed by atoms with van der Waals surface area (Å²) in [5.74, 6) is -0.386. The van der Waals surface area contributed by atoms with Crippen molar-refractivity contribution >= 4 is 23.2 Å². The topological polar surface area (TPSA) is 87.3 Å². The van der Waals surface area contributed by atoms with Crippen LogP contribution in [-0.2, 0) is 6.61 Å². The molecule has 0 spiro atoms. The van der Waals surface area contributed by atoms with E-state index in [1.54, 1.807) is 36.4 Å². The number of non-ortho nitro benzene ring substituents is 1. The highest BCUT2D eigenvalue weighted by Gasteiger charge is 2.14. The van der Waals surface area contributed by atoms with E-state index in [0.29, 0.717) is 17.0 Å². The number of aromatic nitrogens is 2. The van der Waals surface area contributed by atoms with Crippen molar-refractivity contribution in [3.8, 4) is 17.0 Å². The molecule has 3 aromatic carbocycles. The van der Waals surface area contributed by atoms with Crippen LogP contribution in [0.1, 0.15) is 15.9 Å². The zero-order valence-electron chi connectivity index (χ0n) is 16.4. The molecular formula is C23H15ClFN3O4. The lowest BCUT2D eigenvalue weighted by Gasteiger charge is -2.09. The van der Waals surface area contributed by atoms with Gasteiger partial charge in [0.25, 0.3) is 11.6 Å². The second-order valence-corrected chi connectivity index (χ2v) is 7.18. The van der Waals surface area contributed by atoms with Crippen LogP contribution in [0.15, 0.2) is 79.0 Å². The Morgan fingerprint density at radius 2 is 1.84 bits per heavy atom. The fourth-order valence-corrected chi connectivity index (χ4v) is 3.24. The molecule has 0 fully saturated rings. The molecule has 0 unspecified atom stereocenters. The van der Waals surface area contributed by atoms with Gasteiger partial charge in [0.15, 0.2) is 0 Å². The van der Waals surface area contributed by atoms with E-state index in [2.05, 4.69) is 5.10 Å². The van der Waals surface area contributed by atoms with Gasteiger partial charge in [-0.05, 0) is 42.5 Å². The fraction of sp³-hybridized carbons (Fsp3) is 0.0435. The van der Waals surface area contributed by atoms with Gasteiger partial charge >= 0.3 is 0 Å². The van der Waals surface area contributed by atoms with E-state index in [9.17, 15) is 19.3 Å². The van der Waals surface area contributed by atoms with Crippen LogP contribution < -0.4 is 4.74 Å². The van der Waals surface area contributed by atoms with Gasteiger partial charge in [-0.25, -0.2) is 9.07 Å². The van der Waals surface area contributed by atoms with Gasteiger partial charge < -0.3 is 4.74 Å². The molecule has 1 aromatic heterocycles. The Bertz CT molecular complexity index is 1280. The van der Waals surface area contributed by atoms with E-state index in [4.69, 9.17) is 16.3 Å². The summed E-state index contributed by atoms with van der Waals surface area (Å²) in [6.07, 6.45) is 1.51. The maximum absolute atomic E-state index is 13.9. The maximum atomic E-state index is 13.9. The first-order valence-electron chi connectivity index (χ1n) is 9.43. The molecule has 0 saturated carbocycles. The van der Waals surface area contributed by atoms with Crippen molar-refractivity contribution in [3.05, 3.63) is 111 Å². The van der Waals surface area contributed by atoms with Crippen LogP contribution in [0.3, 0.4) is 0 Å². The molecule has 4 aromatic rings. The zero-order chi connectivity index (χ0) is 22.7. The molecule has 0 bridgehead atoms. The van der Waals surface area contributed by atoms with Gasteiger partial charge in [0.2, 0.25) is 0 Å². The van der Waals surface area contributed by atoms with Gasteiger partial charge in [-0.15, -0.1) is 0 Å². The zero-order valence-corrected chi connectivity index (χ0v) is 17.2. The van der Waals surface area contributed by atoms with Crippen molar-refractivity contribution < 1.29 is 18.8 Å². The van der Waals surface area contributed by atoms with Crippen LogP contribution in [0, 0.1) is 15.9 Å². The molecule has 7 nitrogen and oxygen atoms in total. The Morgan fingerprint density at radius 3 is 2.56 bits per heavy atom. The molecule has 0 atom stereocenters. The third-order valence-corrected chi connectivity index (χ3v) is 5.05. The third-order valence-electron chi connectivity index (χ3n) is 4.70. The van der Waals surface area contributed by atoms with Gasteiger partial charge in [-0.2, -0.15) is 5.10 Å². The largest absolute Gasteiger partial charge is 0.489 e. The van der Waals surface area contributed by atoms with Gasteiger partial charge in [0.1, 0.15) is 18.2 Å². The number of nitro benzene ring substituents is 1. The van der Waals surface area contributed by atoms with Crippen molar-refractivity contribution in [2.45, 2.75) is 6.61 Å². The van der Waals surface area contributed by atoms with Crippen molar-refractivity contribution in [1.29, 1.82) is 0 Å². The number of nitro groups is 1. The molecule has 0 aliphatic carbocycles. The first-order valence-corrected chi connectivity index (χ1v) is 9.81. The number of benzene rings is 3. The molecule has 4 rings (SSSR count). The summed E-state index contributed by atoms with van der Waals surface area (Å²) in [4.78, 5) is 22.9. The van der Waals surface area contributed by atoms with Crippen molar-refractivity contribution in [1.82, 2.24) is 9.78 Å². The molecule has 1 heterocycles. The fourth-order valence-electron chi connectivity index (χ4n) is 3.02. The molecule has 160 valence electrons. The molecule has 0 N–H and O–H groups in total. The Kier molecular flexibility index (Phi) is 5.96. The molecule has 9 heteroatoms. The molecule has 0 aliphatic rings. The number of halogens is 2. The average Bonchev–Trinajstić information content (AvgIpc) is 3.29. The normalized spacial score (nSPS) is 10.7. The number of ether oxygens (including phenoxy) is 1. The van der Waals surface area contributed by atoms with Gasteiger partial charge in [-0.3, -0.25) is 14.9 Å². The lowest BCUT2D eigenvalue weighted by molar-refractivity contribution is -0.384. The first-order chi connectivity index (χ1) is 15.4. The summed E-state index contributed by atoms with van der Waals surface area (Å²) in [6.45, 7) is -0.0397. The van der Waals surface area contributed by atoms with Crippen molar-refractivity contribution in [2.24, 2.45) is 0 Å². The quantitative estimate of drug-likeness (QED) is 0.284. The van der Waals surface area contributed by atoms with E-state index in [0.717, 1.165) is 4.68 Å². The number of carbonyl (C=O) groups excluding carboxylic acids is 1. The van der Waals surface area contributed by atoms with Crippen LogP contribution in [0.2, 0.25) is 5.02 Å². The van der Waals surface area contributed by atoms with Crippen molar-refractivity contribution in [3.63, 3.8) is 0 Å². The summed E-state index contributed by atoms with van der Waals surface area (Å²) in [6, 6.07) is 18.4. The molecule has 0 saturated heterocycles. The Hall–Kier alpha value is -4.04. The number of nitrogens with zero attached hydrogens (tertiary/aromatic N) is 3. The highest BCUT2D eigenvalue weighted by atomic mass is 35.5. The van der Waals surface area contributed by atoms with E-state index in [-0.39, 0.29) is 28.4 Å². The minimum absolute atomic E-state index is 0.0397. The molecule has 0 radical (unpaired) electrons.